The van der Waals surface area contributed by atoms with Gasteiger partial charge in [0.25, 0.3) is 16.2 Å². The number of halogens is 5. The predicted molar refractivity (Wildman–Crippen MR) is 211 cm³/mol. The summed E-state index contributed by atoms with van der Waals surface area (Å²) in [5.41, 5.74) is -2.92. The Hall–Kier alpha value is -2.32. The van der Waals surface area contributed by atoms with Crippen LogP contribution in [0.1, 0.15) is 37.2 Å². The normalized spacial score (nSPS) is 30.0. The molecule has 5 heterocycles. The van der Waals surface area contributed by atoms with Crippen molar-refractivity contribution in [1.82, 2.24) is 19.1 Å². The molecule has 8 N–H and O–H groups in total. The zero-order valence-corrected chi connectivity index (χ0v) is 36.0. The summed E-state index contributed by atoms with van der Waals surface area (Å²) >= 11 is 21.3. The number of hydrogen-bond acceptors (Lipinski definition) is 17. The molecule has 3 aromatic rings. The molecule has 6 rings (SSSR count). The lowest BCUT2D eigenvalue weighted by Crippen LogP contribution is -2.42. The van der Waals surface area contributed by atoms with Gasteiger partial charge in [-0.05, 0) is 35.2 Å². The van der Waals surface area contributed by atoms with Gasteiger partial charge < -0.3 is 52.8 Å². The molecular formula is C27H33Cl3F2N4O20P4S. The summed E-state index contributed by atoms with van der Waals surface area (Å²) in [6, 6.07) is 8.75. The van der Waals surface area contributed by atoms with Gasteiger partial charge in [0, 0.05) is 30.4 Å². The van der Waals surface area contributed by atoms with Gasteiger partial charge in [-0.15, -0.1) is 0 Å². The average molecular weight is 1030 g/mol. The van der Waals surface area contributed by atoms with Gasteiger partial charge in [-0.1, -0.05) is 49.7 Å². The zero-order valence-electron chi connectivity index (χ0n) is 29.4. The zero-order chi connectivity index (χ0) is 45.2. The number of nitrogens with one attached hydrogen (secondary N) is 2. The number of H-pyrrole nitrogens is 2. The quantitative estimate of drug-likeness (QED) is 0.107. The van der Waals surface area contributed by atoms with E-state index in [9.17, 15) is 51.9 Å². The summed E-state index contributed by atoms with van der Waals surface area (Å²) in [6.45, 7) is -4.70. The van der Waals surface area contributed by atoms with E-state index < -0.39 is 119 Å². The van der Waals surface area contributed by atoms with Gasteiger partial charge in [-0.2, -0.15) is 4.31 Å². The molecule has 2 aromatic heterocycles. The number of para-hydroxylation sites is 1. The van der Waals surface area contributed by atoms with E-state index in [1.807, 2.05) is 9.97 Å². The van der Waals surface area contributed by atoms with Crippen LogP contribution in [0, 0.1) is 5.92 Å². The minimum Gasteiger partial charge on any atom is -0.426 e. The van der Waals surface area contributed by atoms with Crippen molar-refractivity contribution < 1.29 is 84.2 Å². The monoisotopic (exact) mass is 1030 g/mol. The maximum Gasteiger partial charge on any atom is 0.488 e. The fourth-order valence-corrected chi connectivity index (χ4v) is 10.6. The first-order valence-electron chi connectivity index (χ1n) is 15.8. The number of fused-ring (bicyclic) bond motifs is 1. The van der Waals surface area contributed by atoms with Crippen LogP contribution in [0.2, 0.25) is 0 Å². The van der Waals surface area contributed by atoms with E-state index in [0.717, 1.165) is 29.1 Å². The highest BCUT2D eigenvalue weighted by atomic mass is 35.7. The van der Waals surface area contributed by atoms with Crippen LogP contribution in [0.5, 0.6) is 5.75 Å². The van der Waals surface area contributed by atoms with Gasteiger partial charge >= 0.3 is 47.4 Å². The number of nitrogens with zero attached hydrogens (tertiary/aromatic N) is 2. The first-order chi connectivity index (χ1) is 27.6. The average Bonchev–Trinajstić information content (AvgIpc) is 3.48. The smallest absolute Gasteiger partial charge is 0.426 e. The predicted octanol–water partition coefficient (Wildman–Crippen LogP) is 2.46. The fourth-order valence-electron chi connectivity index (χ4n) is 5.03. The van der Waals surface area contributed by atoms with Gasteiger partial charge in [0.1, 0.15) is 23.5 Å². The molecule has 0 radical (unpaired) electrons. The van der Waals surface area contributed by atoms with Crippen LogP contribution in [-0.2, 0) is 48.1 Å². The van der Waals surface area contributed by atoms with Crippen molar-refractivity contribution in [2.24, 2.45) is 5.92 Å². The number of alkyl halides is 4. The van der Waals surface area contributed by atoms with Gasteiger partial charge in [-0.25, -0.2) is 36.6 Å². The molecule has 1 aromatic carbocycles. The minimum absolute atomic E-state index is 0. The number of rotatable bonds is 10. The van der Waals surface area contributed by atoms with Crippen molar-refractivity contribution in [3.05, 3.63) is 96.0 Å². The molecule has 3 aliphatic rings. The van der Waals surface area contributed by atoms with E-state index in [0.29, 0.717) is 15.9 Å². The second-order valence-corrected chi connectivity index (χ2v) is 20.5. The highest BCUT2D eigenvalue weighted by Gasteiger charge is 2.58. The van der Waals surface area contributed by atoms with Crippen LogP contribution in [-0.4, -0.2) is 96.6 Å². The summed E-state index contributed by atoms with van der Waals surface area (Å²) in [5.74, 6) is -0.721. The van der Waals surface area contributed by atoms with Crippen LogP contribution < -0.4 is 27.0 Å². The molecule has 3 aliphatic heterocycles. The third kappa shape index (κ3) is 13.6. The Morgan fingerprint density at radius 1 is 0.869 bits per heavy atom. The molecule has 24 nitrogen and oxygen atoms in total. The number of hydrogen-bond donors (Lipinski definition) is 8. The number of benzene rings is 1. The van der Waals surface area contributed by atoms with Gasteiger partial charge in [0.2, 0.25) is 5.13 Å². The maximum absolute atomic E-state index is 14.7. The topological polar surface area (TPSA) is 347 Å². The number of ether oxygens (including phenoxy) is 2. The summed E-state index contributed by atoms with van der Waals surface area (Å²) < 4.78 is 84.6. The number of aromatic nitrogens is 4. The third-order valence-corrected chi connectivity index (χ3v) is 14.5. The maximum atomic E-state index is 14.7. The molecule has 0 aliphatic carbocycles. The SMILES string of the molecule is C.C[C@@H]1[C@@H](CO)O[C@@H](n2ccc(=O)[nH]c2=O)[C@@]1(F)Cl.O=C1OP(Cl)Oc2ccccc21.O=c1ccn([C@@H]2O[C@H](COP(O)(=S)OP(=O)(O)OP(=O)(O)O)[C@@H](O)[C@]2(F)Cl)c(=O)[nH]1. The number of aliphatic hydroxyl groups excluding tert-OH is 2. The molecule has 342 valence electrons. The lowest BCUT2D eigenvalue weighted by Gasteiger charge is -2.23. The lowest BCUT2D eigenvalue weighted by molar-refractivity contribution is -0.0491. The Morgan fingerprint density at radius 2 is 1.38 bits per heavy atom. The standard InChI is InChI=1S/C10H12ClFN2O4.C9H13ClFN2O13P3S.C7H4ClO3P.CH4/c1-5-6(4-15)18-8(10(5,11)12)14-3-2-7(16)13-9(14)17;10-9(11)6(15)4(24-7(9)13-2-1-5(14)12-8(13)16)3-23-29(22,30)26-28(20,21)25-27(17,18)19;8-12-10-6-4-2-1-3-5(6)7(9)11-12;/h2-3,5-6,8,15H,4H2,1H3,(H,13,16,17);1-2,4,6-7,15H,3H2,(H,20,21)(H,22,30)(H,12,14,16)(H2,17,18,19);1-4H;1H4/t5-,6-,8-,10-;4-,6-,7-,9-,29?;;/m11../s1. The first-order valence-corrected chi connectivity index (χ1v) is 24.3. The first kappa shape index (κ1) is 53.0. The van der Waals surface area contributed by atoms with Crippen molar-refractivity contribution in [2.45, 2.75) is 55.4 Å². The van der Waals surface area contributed by atoms with E-state index in [2.05, 4.69) is 29.5 Å². The summed E-state index contributed by atoms with van der Waals surface area (Å²) in [7, 11) is -12.7. The fraction of sp³-hybridized carbons (Fsp3) is 0.444. The van der Waals surface area contributed by atoms with Gasteiger partial charge in [0.15, 0.2) is 12.5 Å². The van der Waals surface area contributed by atoms with Crippen molar-refractivity contribution in [1.29, 1.82) is 0 Å². The Bertz CT molecular complexity index is 2440. The van der Waals surface area contributed by atoms with Crippen LogP contribution in [0.3, 0.4) is 0 Å². The molecule has 2 fully saturated rings. The molecule has 2 saturated heterocycles. The third-order valence-electron chi connectivity index (χ3n) is 7.81. The molecule has 0 bridgehead atoms. The molecule has 61 heavy (non-hydrogen) atoms. The highest BCUT2D eigenvalue weighted by Crippen LogP contribution is 2.66. The van der Waals surface area contributed by atoms with Crippen molar-refractivity contribution in [3.63, 3.8) is 0 Å². The molecule has 34 heteroatoms. The molecule has 0 saturated carbocycles. The second-order valence-electron chi connectivity index (χ2n) is 11.9. The second kappa shape index (κ2) is 20.7. The van der Waals surface area contributed by atoms with Crippen LogP contribution in [0.4, 0.5) is 8.78 Å². The number of carbonyl (C=O) groups is 1. The highest BCUT2D eigenvalue weighted by molar-refractivity contribution is 8.08. The number of aromatic amines is 2. The largest absolute Gasteiger partial charge is 0.488 e. The Balaban J connectivity index is 0.000000269. The number of aliphatic hydroxyl groups is 2. The Morgan fingerprint density at radius 3 is 1.87 bits per heavy atom. The van der Waals surface area contributed by atoms with Gasteiger partial charge in [0.05, 0.1) is 19.3 Å². The molecular weight excluding hydrogens is 1000 g/mol. The number of carbonyl (C=O) groups excluding carboxylic acids is 1. The molecule has 3 unspecified atom stereocenters. The summed E-state index contributed by atoms with van der Waals surface area (Å²) in [4.78, 5) is 96.2. The van der Waals surface area contributed by atoms with Crippen molar-refractivity contribution >= 4 is 82.3 Å². The van der Waals surface area contributed by atoms with E-state index >= 15 is 0 Å². The Labute approximate surface area is 360 Å². The molecule has 0 spiro atoms. The van der Waals surface area contributed by atoms with Crippen molar-refractivity contribution in [3.8, 4) is 5.75 Å². The summed E-state index contributed by atoms with van der Waals surface area (Å²) in [5, 5.41) is 13.6. The van der Waals surface area contributed by atoms with Crippen LogP contribution >= 0.6 is 64.5 Å². The molecule has 11 atom stereocenters. The number of phosphoric acid groups is 2. The minimum atomic E-state index is -5.58. The Kier molecular flexibility index (Phi) is 18.0. The van der Waals surface area contributed by atoms with E-state index in [4.69, 9.17) is 68.2 Å². The van der Waals surface area contributed by atoms with Crippen LogP contribution in [0.25, 0.3) is 0 Å². The van der Waals surface area contributed by atoms with E-state index in [-0.39, 0.29) is 7.43 Å². The van der Waals surface area contributed by atoms with E-state index in [1.165, 1.54) is 6.92 Å². The molecule has 0 amide bonds. The van der Waals surface area contributed by atoms with Crippen LogP contribution in [0.15, 0.2) is 68.0 Å². The van der Waals surface area contributed by atoms with E-state index in [1.54, 1.807) is 24.3 Å². The van der Waals surface area contributed by atoms with Gasteiger partial charge in [-0.3, -0.25) is 28.7 Å². The van der Waals surface area contributed by atoms with Crippen molar-refractivity contribution in [2.75, 3.05) is 13.2 Å². The summed E-state index contributed by atoms with van der Waals surface area (Å²) in [6.07, 6.45) is -6.17. The lowest BCUT2D eigenvalue weighted by atomic mass is 10.0.